The van der Waals surface area contributed by atoms with Gasteiger partial charge in [-0.2, -0.15) is 0 Å². The predicted octanol–water partition coefficient (Wildman–Crippen LogP) is 3.10. The number of aromatic nitrogens is 3. The maximum Gasteiger partial charge on any atom is 0.231 e. The minimum absolute atomic E-state index is 0.275. The van der Waals surface area contributed by atoms with E-state index in [1.807, 2.05) is 22.9 Å². The molecule has 1 aromatic heterocycles. The molecule has 0 bridgehead atoms. The maximum absolute atomic E-state index is 5.84. The molecule has 2 aromatic rings. The molecule has 0 unspecified atom stereocenters. The van der Waals surface area contributed by atoms with Crippen molar-refractivity contribution in [3.63, 3.8) is 0 Å². The molecule has 0 saturated heterocycles. The number of nitrogens with two attached hydrogens (primary N) is 1. The molecule has 2 N–H and O–H groups in total. The highest BCUT2D eigenvalue weighted by Gasteiger charge is 2.18. The van der Waals surface area contributed by atoms with Gasteiger partial charge in [0.25, 0.3) is 0 Å². The lowest BCUT2D eigenvalue weighted by Gasteiger charge is -2.09. The van der Waals surface area contributed by atoms with Crippen molar-refractivity contribution in [2.24, 2.45) is 5.73 Å². The summed E-state index contributed by atoms with van der Waals surface area (Å²) >= 11 is 0. The van der Waals surface area contributed by atoms with Crippen molar-refractivity contribution in [3.8, 4) is 22.8 Å². The Labute approximate surface area is 136 Å². The first kappa shape index (κ1) is 15.8. The zero-order valence-electron chi connectivity index (χ0n) is 13.6. The largest absolute Gasteiger partial charge is 0.454 e. The summed E-state index contributed by atoms with van der Waals surface area (Å²) in [6.45, 7) is 3.74. The van der Waals surface area contributed by atoms with E-state index >= 15 is 0 Å². The molecular weight excluding hydrogens is 292 g/mol. The van der Waals surface area contributed by atoms with Crippen molar-refractivity contribution < 1.29 is 9.47 Å². The number of hydrogen-bond acceptors (Lipinski definition) is 5. The summed E-state index contributed by atoms with van der Waals surface area (Å²) < 4.78 is 12.8. The van der Waals surface area contributed by atoms with Gasteiger partial charge in [0.1, 0.15) is 5.69 Å². The van der Waals surface area contributed by atoms with Crippen LogP contribution in [0, 0.1) is 0 Å². The van der Waals surface area contributed by atoms with Gasteiger partial charge in [-0.1, -0.05) is 37.8 Å². The van der Waals surface area contributed by atoms with E-state index in [-0.39, 0.29) is 6.79 Å². The van der Waals surface area contributed by atoms with Crippen LogP contribution in [0.25, 0.3) is 11.3 Å². The lowest BCUT2D eigenvalue weighted by molar-refractivity contribution is 0.174. The Kier molecular flexibility index (Phi) is 5.12. The van der Waals surface area contributed by atoms with Crippen LogP contribution in [-0.2, 0) is 13.1 Å². The molecule has 2 heterocycles. The van der Waals surface area contributed by atoms with E-state index in [1.54, 1.807) is 0 Å². The van der Waals surface area contributed by atoms with Gasteiger partial charge in [-0.3, -0.25) is 0 Å². The van der Waals surface area contributed by atoms with Gasteiger partial charge in [0.05, 0.1) is 5.69 Å². The fourth-order valence-corrected chi connectivity index (χ4v) is 2.87. The molecule has 1 aliphatic heterocycles. The van der Waals surface area contributed by atoms with Crippen molar-refractivity contribution >= 4 is 0 Å². The van der Waals surface area contributed by atoms with E-state index in [1.165, 1.54) is 25.7 Å². The summed E-state index contributed by atoms with van der Waals surface area (Å²) in [5.74, 6) is 1.54. The van der Waals surface area contributed by atoms with Crippen LogP contribution in [0.3, 0.4) is 0 Å². The predicted molar refractivity (Wildman–Crippen MR) is 88.2 cm³/mol. The van der Waals surface area contributed by atoms with Gasteiger partial charge in [-0.05, 0) is 24.6 Å². The average molecular weight is 316 g/mol. The van der Waals surface area contributed by atoms with Gasteiger partial charge in [-0.15, -0.1) is 5.10 Å². The molecule has 1 aromatic carbocycles. The van der Waals surface area contributed by atoms with Crippen LogP contribution in [0.4, 0.5) is 0 Å². The van der Waals surface area contributed by atoms with E-state index in [9.17, 15) is 0 Å². The number of unbranched alkanes of at least 4 members (excludes halogenated alkanes) is 4. The molecule has 3 rings (SSSR count). The van der Waals surface area contributed by atoms with Crippen LogP contribution < -0.4 is 15.2 Å². The normalized spacial score (nSPS) is 12.8. The standard InChI is InChI=1S/C17H24N4O2/c1-2-3-4-5-6-9-21-17(14(11-18)19-20-21)13-7-8-15-16(10-13)23-12-22-15/h7-8,10H,2-6,9,11-12,18H2,1H3. The third kappa shape index (κ3) is 3.47. The number of hydrogen-bond donors (Lipinski definition) is 1. The smallest absolute Gasteiger partial charge is 0.231 e. The third-order valence-corrected chi connectivity index (χ3v) is 4.12. The minimum Gasteiger partial charge on any atom is -0.454 e. The lowest BCUT2D eigenvalue weighted by Crippen LogP contribution is -2.05. The first-order valence-corrected chi connectivity index (χ1v) is 8.36. The van der Waals surface area contributed by atoms with Gasteiger partial charge in [0.15, 0.2) is 11.5 Å². The van der Waals surface area contributed by atoms with Gasteiger partial charge in [0.2, 0.25) is 6.79 Å². The molecule has 0 radical (unpaired) electrons. The Morgan fingerprint density at radius 1 is 1.13 bits per heavy atom. The Hall–Kier alpha value is -2.08. The van der Waals surface area contributed by atoms with Gasteiger partial charge < -0.3 is 15.2 Å². The van der Waals surface area contributed by atoms with Crippen LogP contribution in [-0.4, -0.2) is 21.8 Å². The Morgan fingerprint density at radius 3 is 2.78 bits per heavy atom. The Morgan fingerprint density at radius 2 is 1.96 bits per heavy atom. The molecule has 0 atom stereocenters. The van der Waals surface area contributed by atoms with Gasteiger partial charge >= 0.3 is 0 Å². The van der Waals surface area contributed by atoms with E-state index in [4.69, 9.17) is 15.2 Å². The molecule has 0 saturated carbocycles. The van der Waals surface area contributed by atoms with Crippen LogP contribution >= 0.6 is 0 Å². The molecule has 0 fully saturated rings. The Balaban J connectivity index is 1.78. The number of rotatable bonds is 8. The summed E-state index contributed by atoms with van der Waals surface area (Å²) in [4.78, 5) is 0. The van der Waals surface area contributed by atoms with Crippen molar-refractivity contribution in [1.82, 2.24) is 15.0 Å². The number of fused-ring (bicyclic) bond motifs is 1. The summed E-state index contributed by atoms with van der Waals surface area (Å²) in [5, 5.41) is 8.52. The van der Waals surface area contributed by atoms with Crippen molar-refractivity contribution in [2.75, 3.05) is 6.79 Å². The fourth-order valence-electron chi connectivity index (χ4n) is 2.87. The van der Waals surface area contributed by atoms with Crippen molar-refractivity contribution in [1.29, 1.82) is 0 Å². The highest BCUT2D eigenvalue weighted by Crippen LogP contribution is 2.36. The van der Waals surface area contributed by atoms with E-state index in [2.05, 4.69) is 17.2 Å². The first-order valence-electron chi connectivity index (χ1n) is 8.36. The molecule has 0 aliphatic carbocycles. The summed E-state index contributed by atoms with van der Waals surface area (Å²) in [6.07, 6.45) is 6.13. The molecule has 124 valence electrons. The molecule has 0 spiro atoms. The monoisotopic (exact) mass is 316 g/mol. The summed E-state index contributed by atoms with van der Waals surface area (Å²) in [5.41, 5.74) is 8.66. The molecular formula is C17H24N4O2. The summed E-state index contributed by atoms with van der Waals surface area (Å²) in [6, 6.07) is 5.92. The number of aryl methyl sites for hydroxylation is 1. The maximum atomic E-state index is 5.84. The van der Waals surface area contributed by atoms with Gasteiger partial charge in [-0.25, -0.2) is 4.68 Å². The second kappa shape index (κ2) is 7.46. The van der Waals surface area contributed by atoms with Crippen LogP contribution in [0.1, 0.15) is 44.7 Å². The van der Waals surface area contributed by atoms with Crippen molar-refractivity contribution in [2.45, 2.75) is 52.1 Å². The van der Waals surface area contributed by atoms with E-state index in [0.29, 0.717) is 6.54 Å². The molecule has 0 amide bonds. The second-order valence-electron chi connectivity index (χ2n) is 5.79. The molecule has 6 heteroatoms. The second-order valence-corrected chi connectivity index (χ2v) is 5.79. The average Bonchev–Trinajstić information content (AvgIpc) is 3.20. The SMILES string of the molecule is CCCCCCCn1nnc(CN)c1-c1ccc2c(c1)OCO2. The Bertz CT molecular complexity index is 654. The molecule has 6 nitrogen and oxygen atoms in total. The topological polar surface area (TPSA) is 75.2 Å². The zero-order chi connectivity index (χ0) is 16.1. The van der Waals surface area contributed by atoms with E-state index in [0.717, 1.165) is 41.4 Å². The van der Waals surface area contributed by atoms with Crippen LogP contribution in [0.2, 0.25) is 0 Å². The van der Waals surface area contributed by atoms with Gasteiger partial charge in [0, 0.05) is 18.7 Å². The first-order chi connectivity index (χ1) is 11.3. The number of nitrogens with zero attached hydrogens (tertiary/aromatic N) is 3. The lowest BCUT2D eigenvalue weighted by atomic mass is 10.1. The highest BCUT2D eigenvalue weighted by molar-refractivity contribution is 5.66. The van der Waals surface area contributed by atoms with E-state index < -0.39 is 0 Å². The quantitative estimate of drug-likeness (QED) is 0.757. The van der Waals surface area contributed by atoms with Crippen LogP contribution in [0.5, 0.6) is 11.5 Å². The number of benzene rings is 1. The fraction of sp³-hybridized carbons (Fsp3) is 0.529. The van der Waals surface area contributed by atoms with Crippen LogP contribution in [0.15, 0.2) is 18.2 Å². The van der Waals surface area contributed by atoms with Crippen molar-refractivity contribution in [3.05, 3.63) is 23.9 Å². The zero-order valence-corrected chi connectivity index (χ0v) is 13.6. The number of ether oxygens (including phenoxy) is 2. The minimum atomic E-state index is 0.275. The molecule has 23 heavy (non-hydrogen) atoms. The molecule has 1 aliphatic rings. The highest BCUT2D eigenvalue weighted by atomic mass is 16.7. The summed E-state index contributed by atoms with van der Waals surface area (Å²) in [7, 11) is 0. The third-order valence-electron chi connectivity index (χ3n) is 4.12.